The smallest absolute Gasteiger partial charge is 0.101 e. The molecule has 1 aromatic carbocycles. The highest BCUT2D eigenvalue weighted by Crippen LogP contribution is 2.33. The van der Waals surface area contributed by atoms with Gasteiger partial charge in [0.1, 0.15) is 5.03 Å². The number of nitrogens with zero attached hydrogens (tertiary/aromatic N) is 2. The van der Waals surface area contributed by atoms with Gasteiger partial charge in [0, 0.05) is 27.9 Å². The van der Waals surface area contributed by atoms with Gasteiger partial charge in [-0.2, -0.15) is 0 Å². The number of anilines is 1. The Balaban J connectivity index is 2.14. The number of pyridine rings is 2. The first-order valence-electron chi connectivity index (χ1n) is 5.98. The van der Waals surface area contributed by atoms with Crippen LogP contribution in [0.15, 0.2) is 58.6 Å². The molecule has 4 heteroatoms. The van der Waals surface area contributed by atoms with Crippen LogP contribution < -0.4 is 5.73 Å². The van der Waals surface area contributed by atoms with Crippen molar-refractivity contribution in [1.82, 2.24) is 9.97 Å². The van der Waals surface area contributed by atoms with Gasteiger partial charge >= 0.3 is 0 Å². The summed E-state index contributed by atoms with van der Waals surface area (Å²) in [5.74, 6) is 0. The number of nitrogen functional groups attached to an aromatic ring is 1. The first-order chi connectivity index (χ1) is 9.22. The zero-order chi connectivity index (χ0) is 13.2. The molecule has 0 saturated heterocycles. The van der Waals surface area contributed by atoms with Gasteiger partial charge in [0.15, 0.2) is 0 Å². The molecule has 0 aliphatic heterocycles. The van der Waals surface area contributed by atoms with Crippen molar-refractivity contribution in [1.29, 1.82) is 0 Å². The van der Waals surface area contributed by atoms with Gasteiger partial charge in [-0.25, -0.2) is 4.98 Å². The second-order valence-corrected chi connectivity index (χ2v) is 5.37. The summed E-state index contributed by atoms with van der Waals surface area (Å²) < 4.78 is 0. The summed E-state index contributed by atoms with van der Waals surface area (Å²) in [6, 6.07) is 13.8. The van der Waals surface area contributed by atoms with E-state index in [-0.39, 0.29) is 0 Å². The maximum atomic E-state index is 5.87. The van der Waals surface area contributed by atoms with Crippen molar-refractivity contribution in [3.05, 3.63) is 54.4 Å². The lowest BCUT2D eigenvalue weighted by molar-refractivity contribution is 1.13. The lowest BCUT2D eigenvalue weighted by Crippen LogP contribution is -1.90. The fourth-order valence-corrected chi connectivity index (χ4v) is 2.93. The molecule has 3 rings (SSSR count). The van der Waals surface area contributed by atoms with Crippen molar-refractivity contribution in [3.8, 4) is 0 Å². The fourth-order valence-electron chi connectivity index (χ4n) is 1.94. The van der Waals surface area contributed by atoms with Crippen LogP contribution in [0.25, 0.3) is 10.9 Å². The molecule has 2 N–H and O–H groups in total. The number of fused-ring (bicyclic) bond motifs is 1. The summed E-state index contributed by atoms with van der Waals surface area (Å²) in [5.41, 5.74) is 8.58. The predicted molar refractivity (Wildman–Crippen MR) is 79.3 cm³/mol. The molecule has 0 unspecified atom stereocenters. The highest BCUT2D eigenvalue weighted by molar-refractivity contribution is 7.99. The van der Waals surface area contributed by atoms with Gasteiger partial charge in [0.2, 0.25) is 0 Å². The minimum atomic E-state index is 0.751. The molecule has 2 heterocycles. The van der Waals surface area contributed by atoms with Crippen LogP contribution in [0.5, 0.6) is 0 Å². The number of rotatable bonds is 2. The summed E-state index contributed by atoms with van der Waals surface area (Å²) in [6.07, 6.45) is 1.80. The van der Waals surface area contributed by atoms with E-state index in [9.17, 15) is 0 Å². The van der Waals surface area contributed by atoms with Gasteiger partial charge in [-0.15, -0.1) is 0 Å². The Kier molecular flexibility index (Phi) is 3.09. The molecule has 0 atom stereocenters. The summed E-state index contributed by atoms with van der Waals surface area (Å²) in [4.78, 5) is 10.0. The van der Waals surface area contributed by atoms with Crippen LogP contribution in [0, 0.1) is 6.92 Å². The van der Waals surface area contributed by atoms with Crippen molar-refractivity contribution in [2.24, 2.45) is 0 Å². The first kappa shape index (κ1) is 12.0. The zero-order valence-electron chi connectivity index (χ0n) is 10.5. The summed E-state index contributed by atoms with van der Waals surface area (Å²) in [7, 11) is 0. The molecular formula is C15H13N3S. The summed E-state index contributed by atoms with van der Waals surface area (Å²) in [6.45, 7) is 2.00. The Morgan fingerprint density at radius 1 is 1.11 bits per heavy atom. The van der Waals surface area contributed by atoms with Crippen LogP contribution in [0.4, 0.5) is 5.69 Å². The first-order valence-corrected chi connectivity index (χ1v) is 6.80. The molecule has 0 radical (unpaired) electrons. The van der Waals surface area contributed by atoms with E-state index in [2.05, 4.69) is 16.0 Å². The molecule has 2 aromatic heterocycles. The van der Waals surface area contributed by atoms with Gasteiger partial charge in [-0.05, 0) is 43.3 Å². The summed E-state index contributed by atoms with van der Waals surface area (Å²) >= 11 is 1.63. The van der Waals surface area contributed by atoms with E-state index in [1.165, 1.54) is 0 Å². The summed E-state index contributed by atoms with van der Waals surface area (Å²) in [5, 5.41) is 2.04. The number of hydrogen-bond donors (Lipinski definition) is 1. The number of aromatic nitrogens is 2. The Bertz CT molecular complexity index is 726. The molecule has 94 valence electrons. The van der Waals surface area contributed by atoms with E-state index in [0.29, 0.717) is 0 Å². The largest absolute Gasteiger partial charge is 0.399 e. The van der Waals surface area contributed by atoms with E-state index in [4.69, 9.17) is 5.73 Å². The molecule has 0 fully saturated rings. The molecule has 0 amide bonds. The molecule has 0 saturated carbocycles. The maximum Gasteiger partial charge on any atom is 0.101 e. The van der Waals surface area contributed by atoms with E-state index < -0.39 is 0 Å². The van der Waals surface area contributed by atoms with Crippen LogP contribution >= 0.6 is 11.8 Å². The topological polar surface area (TPSA) is 51.8 Å². The van der Waals surface area contributed by atoms with E-state index in [1.807, 2.05) is 43.3 Å². The second-order valence-electron chi connectivity index (χ2n) is 4.31. The average molecular weight is 267 g/mol. The van der Waals surface area contributed by atoms with Gasteiger partial charge < -0.3 is 5.73 Å². The number of hydrogen-bond acceptors (Lipinski definition) is 4. The number of benzene rings is 1. The Labute approximate surface area is 115 Å². The monoisotopic (exact) mass is 267 g/mol. The third-order valence-electron chi connectivity index (χ3n) is 2.78. The Morgan fingerprint density at radius 3 is 2.79 bits per heavy atom. The van der Waals surface area contributed by atoms with Gasteiger partial charge in [-0.1, -0.05) is 17.8 Å². The maximum absolute atomic E-state index is 5.87. The Morgan fingerprint density at radius 2 is 2.00 bits per heavy atom. The highest BCUT2D eigenvalue weighted by atomic mass is 32.2. The van der Waals surface area contributed by atoms with Gasteiger partial charge in [0.05, 0.1) is 5.52 Å². The Hall–Kier alpha value is -2.07. The molecule has 0 aliphatic rings. The average Bonchev–Trinajstić information content (AvgIpc) is 2.41. The minimum absolute atomic E-state index is 0.751. The third kappa shape index (κ3) is 2.53. The van der Waals surface area contributed by atoms with Gasteiger partial charge in [0.25, 0.3) is 0 Å². The SMILES string of the molecule is Cc1cc(Sc2ccccn2)c2cc(N)ccc2n1. The van der Waals surface area contributed by atoms with Crippen LogP contribution in [0.3, 0.4) is 0 Å². The standard InChI is InChI=1S/C15H13N3S/c1-10-8-14(19-15-4-2-3-7-17-15)12-9-11(16)5-6-13(12)18-10/h2-9H,16H2,1H3. The molecule has 3 aromatic rings. The van der Waals surface area contributed by atoms with Crippen LogP contribution in [0.2, 0.25) is 0 Å². The molecular weight excluding hydrogens is 254 g/mol. The predicted octanol–water partition coefficient (Wildman–Crippen LogP) is 3.67. The van der Waals surface area contributed by atoms with Crippen LogP contribution in [-0.4, -0.2) is 9.97 Å². The molecule has 0 spiro atoms. The minimum Gasteiger partial charge on any atom is -0.399 e. The molecule has 0 aliphatic carbocycles. The van der Waals surface area contributed by atoms with E-state index in [0.717, 1.165) is 32.2 Å². The van der Waals surface area contributed by atoms with Crippen LogP contribution in [0.1, 0.15) is 5.69 Å². The molecule has 3 nitrogen and oxygen atoms in total. The van der Waals surface area contributed by atoms with E-state index >= 15 is 0 Å². The lowest BCUT2D eigenvalue weighted by Gasteiger charge is -2.07. The van der Waals surface area contributed by atoms with Crippen molar-refractivity contribution < 1.29 is 0 Å². The van der Waals surface area contributed by atoms with Crippen molar-refractivity contribution >= 4 is 28.4 Å². The normalized spacial score (nSPS) is 10.8. The van der Waals surface area contributed by atoms with Crippen molar-refractivity contribution in [2.45, 2.75) is 16.8 Å². The quantitative estimate of drug-likeness (QED) is 0.720. The number of nitrogens with two attached hydrogens (primary N) is 1. The lowest BCUT2D eigenvalue weighted by atomic mass is 10.2. The van der Waals surface area contributed by atoms with E-state index in [1.54, 1.807) is 18.0 Å². The van der Waals surface area contributed by atoms with Crippen molar-refractivity contribution in [3.63, 3.8) is 0 Å². The second kappa shape index (κ2) is 4.90. The zero-order valence-corrected chi connectivity index (χ0v) is 11.3. The molecule has 0 bridgehead atoms. The number of aryl methyl sites for hydroxylation is 1. The third-order valence-corrected chi connectivity index (χ3v) is 3.78. The van der Waals surface area contributed by atoms with Crippen molar-refractivity contribution in [2.75, 3.05) is 5.73 Å². The molecule has 19 heavy (non-hydrogen) atoms. The highest BCUT2D eigenvalue weighted by Gasteiger charge is 2.07. The van der Waals surface area contributed by atoms with Gasteiger partial charge in [-0.3, -0.25) is 4.98 Å². The van der Waals surface area contributed by atoms with Crippen LogP contribution in [-0.2, 0) is 0 Å². The fraction of sp³-hybridized carbons (Fsp3) is 0.0667.